The maximum atomic E-state index is 14.7. The molecule has 0 saturated carbocycles. The van der Waals surface area contributed by atoms with E-state index in [4.69, 9.17) is 4.98 Å². The van der Waals surface area contributed by atoms with E-state index in [1.54, 1.807) is 12.1 Å². The van der Waals surface area contributed by atoms with Crippen molar-refractivity contribution in [3.05, 3.63) is 63.1 Å². The van der Waals surface area contributed by atoms with E-state index >= 15 is 0 Å². The van der Waals surface area contributed by atoms with Gasteiger partial charge in [-0.15, -0.1) is 0 Å². The lowest BCUT2D eigenvalue weighted by molar-refractivity contribution is 0.0957. The molecule has 0 spiro atoms. The van der Waals surface area contributed by atoms with Gasteiger partial charge in [0, 0.05) is 50.5 Å². The third-order valence-electron chi connectivity index (χ3n) is 7.31. The Morgan fingerprint density at radius 2 is 2.09 bits per heavy atom. The molecule has 33 heavy (non-hydrogen) atoms. The number of pyridine rings is 3. The van der Waals surface area contributed by atoms with Gasteiger partial charge in [-0.2, -0.15) is 4.39 Å². The summed E-state index contributed by atoms with van der Waals surface area (Å²) in [6.45, 7) is 2.28. The van der Waals surface area contributed by atoms with Gasteiger partial charge in [0.2, 0.25) is 5.95 Å². The smallest absolute Gasteiger partial charge is 0.269 e. The minimum Gasteiger partial charge on any atom is -0.362 e. The van der Waals surface area contributed by atoms with Crippen molar-refractivity contribution in [2.24, 2.45) is 0 Å². The second kappa shape index (κ2) is 7.62. The third-order valence-corrected chi connectivity index (χ3v) is 7.31. The molecule has 9 heteroatoms. The summed E-state index contributed by atoms with van der Waals surface area (Å²) in [5.74, 6) is -1.00. The van der Waals surface area contributed by atoms with Crippen LogP contribution in [0.5, 0.6) is 0 Å². The molecule has 3 aliphatic rings. The van der Waals surface area contributed by atoms with Crippen LogP contribution in [0.1, 0.15) is 40.0 Å². The Morgan fingerprint density at radius 1 is 1.24 bits per heavy atom. The maximum absolute atomic E-state index is 14.7. The van der Waals surface area contributed by atoms with Crippen molar-refractivity contribution in [2.45, 2.75) is 44.3 Å². The van der Waals surface area contributed by atoms with Crippen LogP contribution in [0.4, 0.5) is 10.1 Å². The molecular weight excluding hydrogens is 423 g/mol. The number of halogens is 1. The number of hydrogen-bond donors (Lipinski definition) is 2. The summed E-state index contributed by atoms with van der Waals surface area (Å²) in [6.07, 6.45) is 5.65. The van der Waals surface area contributed by atoms with E-state index < -0.39 is 11.9 Å². The van der Waals surface area contributed by atoms with Crippen molar-refractivity contribution in [1.29, 1.82) is 0 Å². The zero-order valence-electron chi connectivity index (χ0n) is 18.4. The van der Waals surface area contributed by atoms with Crippen molar-refractivity contribution in [3.8, 4) is 0 Å². The molecule has 6 rings (SSSR count). The number of piperazine rings is 1. The topological polar surface area (TPSA) is 94.2 Å². The van der Waals surface area contributed by atoms with Crippen LogP contribution in [-0.2, 0) is 19.4 Å². The number of carbonyl (C=O) groups is 1. The molecule has 8 nitrogen and oxygen atoms in total. The zero-order chi connectivity index (χ0) is 22.7. The van der Waals surface area contributed by atoms with Crippen molar-refractivity contribution < 1.29 is 9.18 Å². The first-order valence-electron chi connectivity index (χ1n) is 11.4. The monoisotopic (exact) mass is 448 g/mol. The van der Waals surface area contributed by atoms with Crippen LogP contribution in [0.3, 0.4) is 0 Å². The van der Waals surface area contributed by atoms with Gasteiger partial charge in [-0.25, -0.2) is 4.98 Å². The summed E-state index contributed by atoms with van der Waals surface area (Å²) in [5.41, 5.74) is 5.35. The molecule has 2 atom stereocenters. The van der Waals surface area contributed by atoms with Gasteiger partial charge in [-0.05, 0) is 55.0 Å². The summed E-state index contributed by atoms with van der Waals surface area (Å²) in [4.78, 5) is 40.2. The van der Waals surface area contributed by atoms with Crippen LogP contribution in [0, 0.1) is 5.95 Å². The van der Waals surface area contributed by atoms with Gasteiger partial charge in [0.05, 0.1) is 16.7 Å². The fraction of sp³-hybridized carbons (Fsp3) is 0.417. The lowest BCUT2D eigenvalue weighted by Gasteiger charge is -2.35. The normalized spacial score (nSPS) is 21.7. The highest BCUT2D eigenvalue weighted by molar-refractivity contribution is 5.92. The van der Waals surface area contributed by atoms with Gasteiger partial charge in [0.15, 0.2) is 0 Å². The average molecular weight is 449 g/mol. The molecule has 170 valence electrons. The highest BCUT2D eigenvalue weighted by Crippen LogP contribution is 2.36. The molecule has 5 heterocycles. The number of H-pyrrole nitrogens is 1. The molecule has 3 aromatic rings. The van der Waals surface area contributed by atoms with Crippen molar-refractivity contribution >= 4 is 22.6 Å². The Kier molecular flexibility index (Phi) is 4.69. The largest absolute Gasteiger partial charge is 0.362 e. The van der Waals surface area contributed by atoms with Gasteiger partial charge >= 0.3 is 0 Å². The molecule has 0 radical (unpaired) electrons. The van der Waals surface area contributed by atoms with E-state index in [0.29, 0.717) is 18.3 Å². The van der Waals surface area contributed by atoms with Crippen LogP contribution in [0.15, 0.2) is 29.2 Å². The van der Waals surface area contributed by atoms with Crippen LogP contribution >= 0.6 is 0 Å². The maximum Gasteiger partial charge on any atom is 0.269 e. The van der Waals surface area contributed by atoms with Gasteiger partial charge in [-0.3, -0.25) is 19.5 Å². The predicted octanol–water partition coefficient (Wildman–Crippen LogP) is 1.77. The van der Waals surface area contributed by atoms with Gasteiger partial charge in [0.25, 0.3) is 11.5 Å². The lowest BCUT2D eigenvalue weighted by atomic mass is 10.1. The highest BCUT2D eigenvalue weighted by Gasteiger charge is 2.44. The molecule has 2 N–H and O–H groups in total. The van der Waals surface area contributed by atoms with E-state index in [2.05, 4.69) is 25.1 Å². The summed E-state index contributed by atoms with van der Waals surface area (Å²) in [7, 11) is 1.50. The molecule has 2 unspecified atom stereocenters. The zero-order valence-corrected chi connectivity index (χ0v) is 18.4. The molecule has 3 aromatic heterocycles. The first kappa shape index (κ1) is 20.3. The quantitative estimate of drug-likeness (QED) is 0.591. The summed E-state index contributed by atoms with van der Waals surface area (Å²) >= 11 is 0. The van der Waals surface area contributed by atoms with E-state index in [9.17, 15) is 14.0 Å². The molecule has 1 amide bonds. The number of fused-ring (bicyclic) bond motifs is 5. The van der Waals surface area contributed by atoms with Crippen LogP contribution in [-0.4, -0.2) is 58.0 Å². The SMILES string of the molecule is CNC(=O)c1ccc(N2CC3CC2CN3Cc2cnc3c4c(c(=O)[nH]c3c2)CCC4)c(F)n1. The minimum absolute atomic E-state index is 0.0166. The summed E-state index contributed by atoms with van der Waals surface area (Å²) < 4.78 is 14.7. The highest BCUT2D eigenvalue weighted by atomic mass is 19.1. The van der Waals surface area contributed by atoms with Crippen molar-refractivity contribution in [1.82, 2.24) is 25.2 Å². The molecule has 2 bridgehead atoms. The van der Waals surface area contributed by atoms with Gasteiger partial charge < -0.3 is 15.2 Å². The predicted molar refractivity (Wildman–Crippen MR) is 122 cm³/mol. The van der Waals surface area contributed by atoms with Crippen molar-refractivity contribution in [2.75, 3.05) is 25.0 Å². The van der Waals surface area contributed by atoms with E-state index in [1.807, 2.05) is 12.3 Å². The number of aromatic amines is 1. The minimum atomic E-state index is -0.606. The fourth-order valence-corrected chi connectivity index (χ4v) is 5.75. The molecule has 1 aliphatic carbocycles. The Labute approximate surface area is 189 Å². The molecule has 2 aliphatic heterocycles. The first-order chi connectivity index (χ1) is 16.0. The summed E-state index contributed by atoms with van der Waals surface area (Å²) in [6, 6.07) is 5.78. The molecular formula is C24H25FN6O2. The Bertz CT molecular complexity index is 1340. The van der Waals surface area contributed by atoms with Crippen molar-refractivity contribution in [3.63, 3.8) is 0 Å². The number of aromatic nitrogens is 3. The van der Waals surface area contributed by atoms with Crippen LogP contribution in [0.25, 0.3) is 11.0 Å². The van der Waals surface area contributed by atoms with E-state index in [1.165, 1.54) is 7.05 Å². The number of aryl methyl sites for hydroxylation is 1. The standard InChI is InChI=1S/C24H25FN6O2/c1-26-24(33)18-5-6-20(22(25)28-18)31-12-14-8-15(31)11-30(14)10-13-7-19-21(27-9-13)16-3-2-4-17(16)23(32)29-19/h5-7,9,14-15H,2-4,8,10-12H2,1H3,(H,26,33)(H,29,32). The Balaban J connectivity index is 1.19. The van der Waals surface area contributed by atoms with Crippen LogP contribution < -0.4 is 15.8 Å². The number of likely N-dealkylation sites (tertiary alicyclic amines) is 1. The first-order valence-corrected chi connectivity index (χ1v) is 11.4. The molecule has 2 fully saturated rings. The van der Waals surface area contributed by atoms with Gasteiger partial charge in [0.1, 0.15) is 5.69 Å². The number of anilines is 1. The Morgan fingerprint density at radius 3 is 2.85 bits per heavy atom. The number of amides is 1. The lowest BCUT2D eigenvalue weighted by Crippen LogP contribution is -2.46. The molecule has 0 aromatic carbocycles. The fourth-order valence-electron chi connectivity index (χ4n) is 5.75. The average Bonchev–Trinajstić information content (AvgIpc) is 3.54. The van der Waals surface area contributed by atoms with Crippen LogP contribution in [0.2, 0.25) is 0 Å². The number of nitrogens with one attached hydrogen (secondary N) is 2. The number of rotatable bonds is 4. The third kappa shape index (κ3) is 3.30. The molecule has 2 saturated heterocycles. The second-order valence-electron chi connectivity index (χ2n) is 9.22. The summed E-state index contributed by atoms with van der Waals surface area (Å²) in [5, 5.41) is 2.47. The van der Waals surface area contributed by atoms with Gasteiger partial charge in [-0.1, -0.05) is 0 Å². The number of carbonyl (C=O) groups excluding carboxylic acids is 1. The Hall–Kier alpha value is -3.33. The number of hydrogen-bond acceptors (Lipinski definition) is 6. The number of nitrogens with zero attached hydrogens (tertiary/aromatic N) is 4. The van der Waals surface area contributed by atoms with E-state index in [0.717, 1.165) is 66.5 Å². The van der Waals surface area contributed by atoms with E-state index in [-0.39, 0.29) is 17.3 Å². The second-order valence-corrected chi connectivity index (χ2v) is 9.22.